The summed E-state index contributed by atoms with van der Waals surface area (Å²) < 4.78 is 0. The molecule has 0 atom stereocenters. The van der Waals surface area contributed by atoms with E-state index in [0.29, 0.717) is 6.54 Å². The molecule has 110 valence electrons. The molecule has 1 saturated heterocycles. The molecule has 0 unspecified atom stereocenters. The summed E-state index contributed by atoms with van der Waals surface area (Å²) in [5.74, 6) is 0.0462. The van der Waals surface area contributed by atoms with E-state index in [9.17, 15) is 4.79 Å². The number of carbonyl (C=O) groups is 1. The predicted molar refractivity (Wildman–Crippen MR) is 81.5 cm³/mol. The van der Waals surface area contributed by atoms with Crippen molar-refractivity contribution in [2.45, 2.75) is 0 Å². The van der Waals surface area contributed by atoms with Crippen LogP contribution in [0, 0.1) is 11.3 Å². The zero-order valence-electron chi connectivity index (χ0n) is 12.0. The monoisotopic (exact) mass is 284 g/mol. The molecule has 0 saturated carbocycles. The third kappa shape index (κ3) is 5.12. The van der Waals surface area contributed by atoms with Crippen molar-refractivity contribution in [1.29, 1.82) is 5.26 Å². The number of benzene rings is 1. The fraction of sp³-hybridized carbons (Fsp3) is 0.375. The highest BCUT2D eigenvalue weighted by atomic mass is 16.1. The fourth-order valence-electron chi connectivity index (χ4n) is 2.24. The predicted octanol–water partition coefficient (Wildman–Crippen LogP) is 1.07. The van der Waals surface area contributed by atoms with E-state index in [1.165, 1.54) is 0 Å². The average Bonchev–Trinajstić information content (AvgIpc) is 2.55. The van der Waals surface area contributed by atoms with Crippen LogP contribution >= 0.6 is 0 Å². The van der Waals surface area contributed by atoms with E-state index in [1.807, 2.05) is 36.4 Å². The first-order valence-corrected chi connectivity index (χ1v) is 7.13. The van der Waals surface area contributed by atoms with Crippen LogP contribution in [0.2, 0.25) is 0 Å². The quantitative estimate of drug-likeness (QED) is 0.481. The molecule has 2 rings (SSSR count). The number of nitrogens with zero attached hydrogens (tertiary/aromatic N) is 3. The van der Waals surface area contributed by atoms with Crippen LogP contribution in [0.1, 0.15) is 10.4 Å². The maximum Gasteiger partial charge on any atom is 0.185 e. The molecule has 1 fully saturated rings. The Balaban J connectivity index is 1.71. The van der Waals surface area contributed by atoms with Gasteiger partial charge in [0.1, 0.15) is 0 Å². The van der Waals surface area contributed by atoms with Gasteiger partial charge in [-0.1, -0.05) is 36.4 Å². The standard InChI is InChI=1S/C16H20N4O/c17-8-9-18-20-13-11-19(12-14-20)10-4-7-16(21)15-5-2-1-3-6-15/h1-7,18H,9-14H2. The minimum atomic E-state index is 0.0462. The Bertz CT molecular complexity index is 513. The number of hydrogen-bond acceptors (Lipinski definition) is 5. The van der Waals surface area contributed by atoms with E-state index in [1.54, 1.807) is 6.08 Å². The number of nitriles is 1. The second-order valence-electron chi connectivity index (χ2n) is 4.91. The molecule has 1 aromatic rings. The van der Waals surface area contributed by atoms with Crippen LogP contribution in [0.4, 0.5) is 0 Å². The number of piperazine rings is 1. The lowest BCUT2D eigenvalue weighted by molar-refractivity contribution is 0.101. The summed E-state index contributed by atoms with van der Waals surface area (Å²) in [4.78, 5) is 14.2. The molecule has 5 nitrogen and oxygen atoms in total. The summed E-state index contributed by atoms with van der Waals surface area (Å²) in [6, 6.07) is 11.4. The van der Waals surface area contributed by atoms with Crippen molar-refractivity contribution in [3.63, 3.8) is 0 Å². The normalized spacial score (nSPS) is 16.9. The summed E-state index contributed by atoms with van der Waals surface area (Å²) in [7, 11) is 0. The molecular formula is C16H20N4O. The van der Waals surface area contributed by atoms with Crippen molar-refractivity contribution in [3.05, 3.63) is 48.0 Å². The number of ketones is 1. The van der Waals surface area contributed by atoms with E-state index >= 15 is 0 Å². The van der Waals surface area contributed by atoms with Gasteiger partial charge in [0.15, 0.2) is 5.78 Å². The third-order valence-corrected chi connectivity index (χ3v) is 3.45. The highest BCUT2D eigenvalue weighted by molar-refractivity contribution is 6.04. The molecule has 0 spiro atoms. The molecule has 5 heteroatoms. The molecule has 1 aromatic carbocycles. The molecule has 1 aliphatic heterocycles. The number of hydrazine groups is 1. The van der Waals surface area contributed by atoms with Crippen molar-refractivity contribution in [1.82, 2.24) is 15.3 Å². The second-order valence-corrected chi connectivity index (χ2v) is 4.91. The van der Waals surface area contributed by atoms with Crippen molar-refractivity contribution < 1.29 is 4.79 Å². The Kier molecular flexibility index (Phi) is 6.10. The van der Waals surface area contributed by atoms with Crippen LogP contribution < -0.4 is 5.43 Å². The summed E-state index contributed by atoms with van der Waals surface area (Å²) >= 11 is 0. The SMILES string of the molecule is N#CCNN1CCN(CC=CC(=O)c2ccccc2)CC1. The molecule has 21 heavy (non-hydrogen) atoms. The van der Waals surface area contributed by atoms with Crippen molar-refractivity contribution in [3.8, 4) is 6.07 Å². The Hall–Kier alpha value is -2.00. The molecule has 0 radical (unpaired) electrons. The topological polar surface area (TPSA) is 59.4 Å². The molecule has 0 aliphatic carbocycles. The van der Waals surface area contributed by atoms with Crippen LogP contribution in [-0.4, -0.2) is 55.0 Å². The number of nitrogens with one attached hydrogen (secondary N) is 1. The van der Waals surface area contributed by atoms with Gasteiger partial charge in [0.2, 0.25) is 0 Å². The van der Waals surface area contributed by atoms with Crippen LogP contribution in [0.5, 0.6) is 0 Å². The Labute approximate surface area is 125 Å². The third-order valence-electron chi connectivity index (χ3n) is 3.45. The maximum absolute atomic E-state index is 11.9. The molecule has 1 N–H and O–H groups in total. The molecule has 0 amide bonds. The summed E-state index contributed by atoms with van der Waals surface area (Å²) in [5.41, 5.74) is 3.78. The van der Waals surface area contributed by atoms with E-state index in [2.05, 4.69) is 21.4 Å². The first-order chi connectivity index (χ1) is 10.3. The van der Waals surface area contributed by atoms with E-state index < -0.39 is 0 Å². The summed E-state index contributed by atoms with van der Waals surface area (Å²) in [5, 5.41) is 10.6. The van der Waals surface area contributed by atoms with Crippen molar-refractivity contribution in [2.24, 2.45) is 0 Å². The summed E-state index contributed by atoms with van der Waals surface area (Å²) in [6.07, 6.45) is 3.57. The van der Waals surface area contributed by atoms with Gasteiger partial charge >= 0.3 is 0 Å². The van der Waals surface area contributed by atoms with Gasteiger partial charge < -0.3 is 0 Å². The zero-order chi connectivity index (χ0) is 14.9. The average molecular weight is 284 g/mol. The van der Waals surface area contributed by atoms with Gasteiger partial charge in [-0.25, -0.2) is 10.4 Å². The Morgan fingerprint density at radius 1 is 1.24 bits per heavy atom. The van der Waals surface area contributed by atoms with Gasteiger partial charge in [-0.15, -0.1) is 0 Å². The zero-order valence-corrected chi connectivity index (χ0v) is 12.0. The molecule has 0 bridgehead atoms. The van der Waals surface area contributed by atoms with Gasteiger partial charge in [0.25, 0.3) is 0 Å². The van der Waals surface area contributed by atoms with E-state index in [4.69, 9.17) is 5.26 Å². The lowest BCUT2D eigenvalue weighted by Gasteiger charge is -2.33. The van der Waals surface area contributed by atoms with Gasteiger partial charge in [-0.2, -0.15) is 5.26 Å². The van der Waals surface area contributed by atoms with Gasteiger partial charge in [0, 0.05) is 38.3 Å². The molecule has 1 heterocycles. The van der Waals surface area contributed by atoms with Crippen LogP contribution in [-0.2, 0) is 0 Å². The second kappa shape index (κ2) is 8.32. The number of rotatable bonds is 6. The maximum atomic E-state index is 11.9. The number of carbonyl (C=O) groups excluding carboxylic acids is 1. The smallest absolute Gasteiger partial charge is 0.185 e. The van der Waals surface area contributed by atoms with Gasteiger partial charge in [-0.3, -0.25) is 9.69 Å². The largest absolute Gasteiger partial charge is 0.297 e. The first-order valence-electron chi connectivity index (χ1n) is 7.13. The minimum Gasteiger partial charge on any atom is -0.297 e. The Morgan fingerprint density at radius 2 is 1.95 bits per heavy atom. The van der Waals surface area contributed by atoms with Crippen LogP contribution in [0.3, 0.4) is 0 Å². The Morgan fingerprint density at radius 3 is 2.62 bits per heavy atom. The molecule has 1 aliphatic rings. The van der Waals surface area contributed by atoms with Gasteiger partial charge in [-0.05, 0) is 6.08 Å². The minimum absolute atomic E-state index is 0.0462. The van der Waals surface area contributed by atoms with Crippen molar-refractivity contribution >= 4 is 5.78 Å². The van der Waals surface area contributed by atoms with Crippen LogP contribution in [0.15, 0.2) is 42.5 Å². The lowest BCUT2D eigenvalue weighted by atomic mass is 10.1. The van der Waals surface area contributed by atoms with Crippen LogP contribution in [0.25, 0.3) is 0 Å². The lowest BCUT2D eigenvalue weighted by Crippen LogP contribution is -2.51. The van der Waals surface area contributed by atoms with E-state index in [0.717, 1.165) is 38.3 Å². The van der Waals surface area contributed by atoms with Crippen molar-refractivity contribution in [2.75, 3.05) is 39.3 Å². The number of allylic oxidation sites excluding steroid dienone is 1. The number of hydrogen-bond donors (Lipinski definition) is 1. The fourth-order valence-corrected chi connectivity index (χ4v) is 2.24. The summed E-state index contributed by atoms with van der Waals surface area (Å²) in [6.45, 7) is 4.78. The highest BCUT2D eigenvalue weighted by Gasteiger charge is 2.14. The highest BCUT2D eigenvalue weighted by Crippen LogP contribution is 2.02. The van der Waals surface area contributed by atoms with Gasteiger partial charge in [0.05, 0.1) is 12.6 Å². The van der Waals surface area contributed by atoms with E-state index in [-0.39, 0.29) is 5.78 Å². The first kappa shape index (κ1) is 15.4. The molecule has 0 aromatic heterocycles. The molecular weight excluding hydrogens is 264 g/mol.